The van der Waals surface area contributed by atoms with Crippen LogP contribution in [-0.2, 0) is 6.54 Å². The van der Waals surface area contributed by atoms with Crippen LogP contribution >= 0.6 is 0 Å². The number of nitrogens with zero attached hydrogens (tertiary/aromatic N) is 2. The quantitative estimate of drug-likeness (QED) is 0.738. The first-order valence-electron chi connectivity index (χ1n) is 7.62. The van der Waals surface area contributed by atoms with E-state index < -0.39 is 5.91 Å². The van der Waals surface area contributed by atoms with Crippen LogP contribution in [0, 0.1) is 0 Å². The third-order valence-electron chi connectivity index (χ3n) is 3.88. The minimum absolute atomic E-state index is 0.173. The molecule has 2 amide bonds. The molecule has 7 nitrogen and oxygen atoms in total. The van der Waals surface area contributed by atoms with E-state index in [1.54, 1.807) is 48.5 Å². The van der Waals surface area contributed by atoms with Gasteiger partial charge in [0.1, 0.15) is 0 Å². The van der Waals surface area contributed by atoms with E-state index in [0.29, 0.717) is 16.3 Å². The molecule has 0 spiro atoms. The van der Waals surface area contributed by atoms with Crippen molar-refractivity contribution in [2.24, 2.45) is 5.73 Å². The standard InChI is InChI=1S/C18H16N4O3/c1-20-17(24)15-13-4-2-3-5-14(13)18(25)22(21-15)10-11-6-8-12(9-7-11)16(19)23/h2-9H,10H2,1H3,(H2,19,23)(H,20,24). The maximum atomic E-state index is 12.7. The molecule has 3 N–H and O–H groups in total. The van der Waals surface area contributed by atoms with E-state index in [0.717, 1.165) is 5.56 Å². The van der Waals surface area contributed by atoms with Crippen molar-refractivity contribution >= 4 is 22.6 Å². The minimum Gasteiger partial charge on any atom is -0.366 e. The molecule has 0 bridgehead atoms. The second-order valence-corrected chi connectivity index (χ2v) is 5.50. The van der Waals surface area contributed by atoms with Crippen LogP contribution in [0.2, 0.25) is 0 Å². The summed E-state index contributed by atoms with van der Waals surface area (Å²) in [7, 11) is 1.51. The molecule has 0 atom stereocenters. The van der Waals surface area contributed by atoms with Crippen molar-refractivity contribution in [1.82, 2.24) is 15.1 Å². The smallest absolute Gasteiger partial charge is 0.274 e. The molecular formula is C18H16N4O3. The lowest BCUT2D eigenvalue weighted by molar-refractivity contribution is 0.0956. The summed E-state index contributed by atoms with van der Waals surface area (Å²) < 4.78 is 1.24. The average molecular weight is 336 g/mol. The number of aromatic nitrogens is 2. The fourth-order valence-corrected chi connectivity index (χ4v) is 2.58. The SMILES string of the molecule is CNC(=O)c1nn(Cc2ccc(C(N)=O)cc2)c(=O)c2ccccc12. The normalized spacial score (nSPS) is 10.6. The second kappa shape index (κ2) is 6.56. The first kappa shape index (κ1) is 16.4. The van der Waals surface area contributed by atoms with Gasteiger partial charge >= 0.3 is 0 Å². The largest absolute Gasteiger partial charge is 0.366 e. The zero-order valence-corrected chi connectivity index (χ0v) is 13.5. The highest BCUT2D eigenvalue weighted by Crippen LogP contribution is 2.14. The summed E-state index contributed by atoms with van der Waals surface area (Å²) in [6.07, 6.45) is 0. The van der Waals surface area contributed by atoms with E-state index in [1.165, 1.54) is 11.7 Å². The number of carbonyl (C=O) groups is 2. The molecule has 25 heavy (non-hydrogen) atoms. The first-order valence-corrected chi connectivity index (χ1v) is 7.62. The van der Waals surface area contributed by atoms with Gasteiger partial charge in [0, 0.05) is 18.0 Å². The number of nitrogens with one attached hydrogen (secondary N) is 1. The van der Waals surface area contributed by atoms with Gasteiger partial charge in [-0.2, -0.15) is 5.10 Å². The topological polar surface area (TPSA) is 107 Å². The van der Waals surface area contributed by atoms with E-state index in [1.807, 2.05) is 0 Å². The summed E-state index contributed by atoms with van der Waals surface area (Å²) in [6, 6.07) is 13.4. The molecule has 3 aromatic rings. The van der Waals surface area contributed by atoms with Gasteiger partial charge in [-0.05, 0) is 23.8 Å². The van der Waals surface area contributed by atoms with Gasteiger partial charge in [-0.3, -0.25) is 14.4 Å². The Morgan fingerprint density at radius 1 is 1.08 bits per heavy atom. The van der Waals surface area contributed by atoms with Crippen LogP contribution in [-0.4, -0.2) is 28.6 Å². The van der Waals surface area contributed by atoms with Gasteiger partial charge in [-0.1, -0.05) is 30.3 Å². The van der Waals surface area contributed by atoms with E-state index in [9.17, 15) is 14.4 Å². The first-order chi connectivity index (χ1) is 12.0. The van der Waals surface area contributed by atoms with Crippen molar-refractivity contribution in [1.29, 1.82) is 0 Å². The van der Waals surface area contributed by atoms with Crippen molar-refractivity contribution in [2.75, 3.05) is 7.05 Å². The molecule has 0 unspecified atom stereocenters. The zero-order chi connectivity index (χ0) is 18.0. The summed E-state index contributed by atoms with van der Waals surface area (Å²) in [4.78, 5) is 35.9. The number of hydrogen-bond donors (Lipinski definition) is 2. The number of primary amides is 1. The summed E-state index contributed by atoms with van der Waals surface area (Å²) in [5.41, 5.74) is 6.26. The zero-order valence-electron chi connectivity index (χ0n) is 13.5. The molecule has 0 saturated carbocycles. The van der Waals surface area contributed by atoms with Crippen molar-refractivity contribution < 1.29 is 9.59 Å². The maximum absolute atomic E-state index is 12.7. The highest BCUT2D eigenvalue weighted by molar-refractivity contribution is 6.04. The molecule has 0 saturated heterocycles. The lowest BCUT2D eigenvalue weighted by atomic mass is 10.1. The Morgan fingerprint density at radius 3 is 2.32 bits per heavy atom. The second-order valence-electron chi connectivity index (χ2n) is 5.50. The van der Waals surface area contributed by atoms with Crippen LogP contribution in [0.25, 0.3) is 10.8 Å². The molecule has 0 fully saturated rings. The Kier molecular flexibility index (Phi) is 4.30. The fraction of sp³-hybridized carbons (Fsp3) is 0.111. The van der Waals surface area contributed by atoms with Gasteiger partial charge in [0.05, 0.1) is 11.9 Å². The van der Waals surface area contributed by atoms with E-state index in [2.05, 4.69) is 10.4 Å². The molecule has 7 heteroatoms. The monoisotopic (exact) mass is 336 g/mol. The summed E-state index contributed by atoms with van der Waals surface area (Å²) in [6.45, 7) is 0.173. The van der Waals surface area contributed by atoms with E-state index in [4.69, 9.17) is 5.73 Å². The summed E-state index contributed by atoms with van der Waals surface area (Å²) in [5.74, 6) is -0.886. The lowest BCUT2D eigenvalue weighted by Gasteiger charge is -2.10. The highest BCUT2D eigenvalue weighted by Gasteiger charge is 2.15. The van der Waals surface area contributed by atoms with Crippen LogP contribution in [0.4, 0.5) is 0 Å². The molecule has 1 heterocycles. The van der Waals surface area contributed by atoms with Gasteiger partial charge in [-0.25, -0.2) is 4.68 Å². The summed E-state index contributed by atoms with van der Waals surface area (Å²) >= 11 is 0. The van der Waals surface area contributed by atoms with Crippen molar-refractivity contribution in [2.45, 2.75) is 6.54 Å². The van der Waals surface area contributed by atoms with Crippen LogP contribution in [0.1, 0.15) is 26.4 Å². The molecule has 126 valence electrons. The molecule has 0 radical (unpaired) electrons. The predicted molar refractivity (Wildman–Crippen MR) is 93.5 cm³/mol. The molecule has 0 aliphatic carbocycles. The minimum atomic E-state index is -0.519. The van der Waals surface area contributed by atoms with E-state index >= 15 is 0 Å². The molecule has 0 aliphatic rings. The van der Waals surface area contributed by atoms with Gasteiger partial charge in [-0.15, -0.1) is 0 Å². The number of fused-ring (bicyclic) bond motifs is 1. The van der Waals surface area contributed by atoms with Crippen LogP contribution in [0.15, 0.2) is 53.3 Å². The number of rotatable bonds is 4. The maximum Gasteiger partial charge on any atom is 0.274 e. The number of amides is 2. The van der Waals surface area contributed by atoms with Crippen molar-refractivity contribution in [3.63, 3.8) is 0 Å². The van der Waals surface area contributed by atoms with E-state index in [-0.39, 0.29) is 23.7 Å². The molecule has 3 rings (SSSR count). The van der Waals surface area contributed by atoms with Gasteiger partial charge < -0.3 is 11.1 Å². The number of hydrogen-bond acceptors (Lipinski definition) is 4. The highest BCUT2D eigenvalue weighted by atomic mass is 16.2. The van der Waals surface area contributed by atoms with Crippen molar-refractivity contribution in [3.05, 3.63) is 75.7 Å². The Balaban J connectivity index is 2.09. The number of benzene rings is 2. The van der Waals surface area contributed by atoms with Crippen LogP contribution in [0.5, 0.6) is 0 Å². The van der Waals surface area contributed by atoms with Gasteiger partial charge in [0.2, 0.25) is 5.91 Å². The molecular weight excluding hydrogens is 320 g/mol. The molecule has 2 aromatic carbocycles. The van der Waals surface area contributed by atoms with Crippen LogP contribution < -0.4 is 16.6 Å². The molecule has 0 aliphatic heterocycles. The third-order valence-corrected chi connectivity index (χ3v) is 3.88. The Hall–Kier alpha value is -3.48. The fourth-order valence-electron chi connectivity index (χ4n) is 2.58. The Bertz CT molecular complexity index is 1020. The number of carbonyl (C=O) groups excluding carboxylic acids is 2. The predicted octanol–water partition coefficient (Wildman–Crippen LogP) is 0.903. The molecule has 1 aromatic heterocycles. The van der Waals surface area contributed by atoms with Gasteiger partial charge in [0.25, 0.3) is 11.5 Å². The van der Waals surface area contributed by atoms with Gasteiger partial charge in [0.15, 0.2) is 5.69 Å². The lowest BCUT2D eigenvalue weighted by Crippen LogP contribution is -2.29. The average Bonchev–Trinajstić information content (AvgIpc) is 2.64. The number of nitrogens with two attached hydrogens (primary N) is 1. The third kappa shape index (κ3) is 3.12. The summed E-state index contributed by atoms with van der Waals surface area (Å²) in [5, 5.41) is 7.69. The van der Waals surface area contributed by atoms with Crippen molar-refractivity contribution in [3.8, 4) is 0 Å². The van der Waals surface area contributed by atoms with Crippen LogP contribution in [0.3, 0.4) is 0 Å². The Labute approximate surface area is 143 Å². The Morgan fingerprint density at radius 2 is 1.72 bits per heavy atom.